The number of hydrogen-bond acceptors (Lipinski definition) is 6. The van der Waals surface area contributed by atoms with Gasteiger partial charge in [-0.3, -0.25) is 0 Å². The number of nitrogens with one attached hydrogen (secondary N) is 2. The predicted molar refractivity (Wildman–Crippen MR) is 119 cm³/mol. The van der Waals surface area contributed by atoms with Gasteiger partial charge in [0.2, 0.25) is 0 Å². The van der Waals surface area contributed by atoms with E-state index in [1.54, 1.807) is 12.1 Å². The number of benzene rings is 1. The van der Waals surface area contributed by atoms with Crippen LogP contribution in [0.1, 0.15) is 57.6 Å². The summed E-state index contributed by atoms with van der Waals surface area (Å²) in [5, 5.41) is 14.8. The molecule has 1 fully saturated rings. The Morgan fingerprint density at radius 1 is 1.06 bits per heavy atom. The molecule has 0 unspecified atom stereocenters. The minimum atomic E-state index is -4.30. The van der Waals surface area contributed by atoms with Crippen LogP contribution in [0, 0.1) is 6.92 Å². The highest BCUT2D eigenvalue weighted by Crippen LogP contribution is 2.35. The second-order valence-electron chi connectivity index (χ2n) is 9.50. The Morgan fingerprint density at radius 2 is 1.78 bits per heavy atom. The van der Waals surface area contributed by atoms with E-state index in [-0.39, 0.29) is 5.41 Å². The van der Waals surface area contributed by atoms with Crippen LogP contribution in [0.3, 0.4) is 0 Å². The number of rotatable bonds is 5. The molecule has 6 nitrogen and oxygen atoms in total. The summed E-state index contributed by atoms with van der Waals surface area (Å²) in [6, 6.07) is 6.02. The molecule has 0 amide bonds. The molecular weight excluding hydrogens is 419 g/mol. The maximum Gasteiger partial charge on any atom is 0.405 e. The Labute approximate surface area is 185 Å². The number of anilines is 2. The number of halogens is 3. The van der Waals surface area contributed by atoms with Gasteiger partial charge in [0.15, 0.2) is 0 Å². The van der Waals surface area contributed by atoms with Crippen LogP contribution in [0.2, 0.25) is 0 Å². The van der Waals surface area contributed by atoms with Crippen molar-refractivity contribution in [3.63, 3.8) is 0 Å². The minimum absolute atomic E-state index is 0.314. The molecule has 1 aromatic carbocycles. The van der Waals surface area contributed by atoms with Crippen molar-refractivity contribution in [1.29, 1.82) is 0 Å². The summed E-state index contributed by atoms with van der Waals surface area (Å²) in [7, 11) is 0. The van der Waals surface area contributed by atoms with Crippen LogP contribution in [0.4, 0.5) is 24.9 Å². The molecule has 9 heteroatoms. The second-order valence-corrected chi connectivity index (χ2v) is 9.50. The van der Waals surface area contributed by atoms with Crippen molar-refractivity contribution < 1.29 is 17.6 Å². The van der Waals surface area contributed by atoms with E-state index in [1.807, 2.05) is 33.8 Å². The standard InChI is InChI=1S/C23H28F3N5O/c1-13-9-18(20-30-31-21(32-20)28-14-7-5-6-8-14)29-19-16(13)10-15(27-12-23(24,25)26)11-17(19)22(2,3)4/h9-11,14,27H,5-8,12H2,1-4H3,(H,28,31). The Kier molecular flexibility index (Phi) is 5.77. The third-order valence-corrected chi connectivity index (χ3v) is 5.75. The zero-order valence-electron chi connectivity index (χ0n) is 18.7. The number of nitrogens with zero attached hydrogens (tertiary/aromatic N) is 3. The second kappa shape index (κ2) is 8.26. The van der Waals surface area contributed by atoms with Crippen molar-refractivity contribution >= 4 is 22.6 Å². The molecule has 32 heavy (non-hydrogen) atoms. The number of alkyl halides is 3. The van der Waals surface area contributed by atoms with Crippen LogP contribution in [-0.2, 0) is 5.41 Å². The first kappa shape index (κ1) is 22.4. The normalized spacial score (nSPS) is 15.5. The van der Waals surface area contributed by atoms with Crippen LogP contribution >= 0.6 is 0 Å². The maximum absolute atomic E-state index is 12.7. The summed E-state index contributed by atoms with van der Waals surface area (Å²) >= 11 is 0. The van der Waals surface area contributed by atoms with Gasteiger partial charge in [-0.1, -0.05) is 38.7 Å². The molecule has 0 aliphatic heterocycles. The number of pyridine rings is 1. The predicted octanol–water partition coefficient (Wildman–Crippen LogP) is 6.22. The first-order chi connectivity index (χ1) is 15.0. The van der Waals surface area contributed by atoms with E-state index in [1.165, 1.54) is 12.8 Å². The number of aryl methyl sites for hydroxylation is 1. The van der Waals surface area contributed by atoms with Gasteiger partial charge in [-0.05, 0) is 54.5 Å². The van der Waals surface area contributed by atoms with Crippen molar-refractivity contribution in [1.82, 2.24) is 15.2 Å². The van der Waals surface area contributed by atoms with Crippen LogP contribution in [0.15, 0.2) is 22.6 Å². The molecule has 3 aromatic rings. The zero-order valence-corrected chi connectivity index (χ0v) is 18.7. The van der Waals surface area contributed by atoms with E-state index in [9.17, 15) is 13.2 Å². The molecule has 4 rings (SSSR count). The molecule has 1 aliphatic carbocycles. The van der Waals surface area contributed by atoms with Gasteiger partial charge in [-0.25, -0.2) is 4.98 Å². The monoisotopic (exact) mass is 447 g/mol. The van der Waals surface area contributed by atoms with E-state index in [0.717, 1.165) is 29.4 Å². The smallest absolute Gasteiger partial charge is 0.402 e. The molecule has 2 N–H and O–H groups in total. The molecule has 0 spiro atoms. The number of hydrogen-bond donors (Lipinski definition) is 2. The largest absolute Gasteiger partial charge is 0.405 e. The Morgan fingerprint density at radius 3 is 2.44 bits per heavy atom. The van der Waals surface area contributed by atoms with Gasteiger partial charge in [0.1, 0.15) is 12.2 Å². The van der Waals surface area contributed by atoms with E-state index in [2.05, 4.69) is 20.8 Å². The molecule has 0 bridgehead atoms. The minimum Gasteiger partial charge on any atom is -0.402 e. The fourth-order valence-corrected chi connectivity index (χ4v) is 4.11. The molecule has 1 saturated carbocycles. The first-order valence-electron chi connectivity index (χ1n) is 10.9. The highest BCUT2D eigenvalue weighted by Gasteiger charge is 2.28. The average molecular weight is 448 g/mol. The van der Waals surface area contributed by atoms with Crippen molar-refractivity contribution in [3.05, 3.63) is 29.3 Å². The van der Waals surface area contributed by atoms with E-state index >= 15 is 0 Å². The molecule has 0 atom stereocenters. The molecule has 0 radical (unpaired) electrons. The van der Waals surface area contributed by atoms with Crippen molar-refractivity contribution in [2.45, 2.75) is 71.0 Å². The lowest BCUT2D eigenvalue weighted by molar-refractivity contribution is -0.115. The van der Waals surface area contributed by atoms with Gasteiger partial charge in [0, 0.05) is 17.1 Å². The summed E-state index contributed by atoms with van der Waals surface area (Å²) < 4.78 is 44.0. The van der Waals surface area contributed by atoms with E-state index in [0.29, 0.717) is 34.8 Å². The molecule has 2 aromatic heterocycles. The van der Waals surface area contributed by atoms with Gasteiger partial charge < -0.3 is 15.1 Å². The van der Waals surface area contributed by atoms with Crippen molar-refractivity contribution in [2.75, 3.05) is 17.2 Å². The fourth-order valence-electron chi connectivity index (χ4n) is 4.11. The fraction of sp³-hybridized carbons (Fsp3) is 0.522. The average Bonchev–Trinajstić information content (AvgIpc) is 3.37. The van der Waals surface area contributed by atoms with Crippen molar-refractivity contribution in [2.24, 2.45) is 0 Å². The number of fused-ring (bicyclic) bond motifs is 1. The van der Waals surface area contributed by atoms with Crippen molar-refractivity contribution in [3.8, 4) is 11.6 Å². The molecule has 0 saturated heterocycles. The van der Waals surface area contributed by atoms with Crippen LogP contribution in [0.5, 0.6) is 0 Å². The topological polar surface area (TPSA) is 75.9 Å². The SMILES string of the molecule is Cc1cc(-c2nnc(NC3CCCC3)o2)nc2c(C(C)(C)C)cc(NCC(F)(F)F)cc12. The third kappa shape index (κ3) is 4.97. The first-order valence-corrected chi connectivity index (χ1v) is 10.9. The summed E-state index contributed by atoms with van der Waals surface area (Å²) in [5.74, 6) is 0.314. The quantitative estimate of drug-likeness (QED) is 0.484. The Hall–Kier alpha value is -2.84. The highest BCUT2D eigenvalue weighted by molar-refractivity contribution is 5.90. The summed E-state index contributed by atoms with van der Waals surface area (Å²) in [4.78, 5) is 4.79. The van der Waals surface area contributed by atoms with Gasteiger partial charge >= 0.3 is 12.2 Å². The van der Waals surface area contributed by atoms with E-state index in [4.69, 9.17) is 9.40 Å². The van der Waals surface area contributed by atoms with Gasteiger partial charge in [0.25, 0.3) is 5.89 Å². The van der Waals surface area contributed by atoms with E-state index < -0.39 is 12.7 Å². The maximum atomic E-state index is 12.7. The van der Waals surface area contributed by atoms with Crippen LogP contribution in [-0.4, -0.2) is 33.9 Å². The number of aromatic nitrogens is 3. The summed E-state index contributed by atoms with van der Waals surface area (Å²) in [5.41, 5.74) is 3.05. The van der Waals surface area contributed by atoms with Gasteiger partial charge in [0.05, 0.1) is 5.52 Å². The lowest BCUT2D eigenvalue weighted by Gasteiger charge is -2.23. The summed E-state index contributed by atoms with van der Waals surface area (Å²) in [6.45, 7) is 6.84. The lowest BCUT2D eigenvalue weighted by Crippen LogP contribution is -2.22. The molecule has 172 valence electrons. The third-order valence-electron chi connectivity index (χ3n) is 5.75. The molecular formula is C23H28F3N5O. The molecule has 2 heterocycles. The van der Waals surface area contributed by atoms with Gasteiger partial charge in [-0.2, -0.15) is 13.2 Å². The highest BCUT2D eigenvalue weighted by atomic mass is 19.4. The van der Waals surface area contributed by atoms with Crippen LogP contribution < -0.4 is 10.6 Å². The zero-order chi connectivity index (χ0) is 23.1. The lowest BCUT2D eigenvalue weighted by atomic mass is 9.84. The Balaban J connectivity index is 1.72. The van der Waals surface area contributed by atoms with Gasteiger partial charge in [-0.15, -0.1) is 5.10 Å². The molecule has 1 aliphatic rings. The van der Waals surface area contributed by atoms with Crippen LogP contribution in [0.25, 0.3) is 22.5 Å². The Bertz CT molecular complexity index is 1110. The summed E-state index contributed by atoms with van der Waals surface area (Å²) in [6.07, 6.45) is 0.268.